The second kappa shape index (κ2) is 6.83. The lowest BCUT2D eigenvalue weighted by atomic mass is 9.63. The molecule has 1 saturated carbocycles. The molecule has 0 spiro atoms. The number of hydrazone groups is 1. The van der Waals surface area contributed by atoms with Gasteiger partial charge in [-0.3, -0.25) is 9.59 Å². The number of benzene rings is 2. The van der Waals surface area contributed by atoms with Gasteiger partial charge < -0.3 is 4.74 Å². The zero-order chi connectivity index (χ0) is 20.1. The van der Waals surface area contributed by atoms with Crippen LogP contribution in [0.3, 0.4) is 0 Å². The van der Waals surface area contributed by atoms with Crippen molar-refractivity contribution in [2.24, 2.45) is 28.8 Å². The summed E-state index contributed by atoms with van der Waals surface area (Å²) in [6, 6.07) is 11.9. The summed E-state index contributed by atoms with van der Waals surface area (Å²) < 4.78 is 5.97. The van der Waals surface area contributed by atoms with Crippen LogP contribution in [0.2, 0.25) is 0 Å². The number of rotatable bonds is 4. The summed E-state index contributed by atoms with van der Waals surface area (Å²) in [6.07, 6.45) is 7.81. The number of hydrogen-bond acceptors (Lipinski definition) is 4. The summed E-state index contributed by atoms with van der Waals surface area (Å²) in [6.45, 7) is 3.94. The highest BCUT2D eigenvalue weighted by atomic mass is 16.5. The molecule has 0 aromatic heterocycles. The highest BCUT2D eigenvalue weighted by molar-refractivity contribution is 6.08. The van der Waals surface area contributed by atoms with Gasteiger partial charge >= 0.3 is 0 Å². The molecule has 6 rings (SSSR count). The van der Waals surface area contributed by atoms with Crippen molar-refractivity contribution in [3.63, 3.8) is 0 Å². The molecule has 5 nitrogen and oxygen atoms in total. The third kappa shape index (κ3) is 2.87. The zero-order valence-corrected chi connectivity index (χ0v) is 16.6. The van der Waals surface area contributed by atoms with Crippen LogP contribution in [0.4, 0.5) is 0 Å². The number of carbonyl (C=O) groups is 2. The maximum absolute atomic E-state index is 13.0. The maximum Gasteiger partial charge on any atom is 0.254 e. The van der Waals surface area contributed by atoms with Crippen molar-refractivity contribution in [2.75, 3.05) is 0 Å². The third-order valence-electron chi connectivity index (χ3n) is 6.33. The van der Waals surface area contributed by atoms with Gasteiger partial charge in [-0.05, 0) is 55.4 Å². The topological polar surface area (TPSA) is 59.0 Å². The molecular formula is C24H24N2O3. The summed E-state index contributed by atoms with van der Waals surface area (Å²) in [4.78, 5) is 26.0. The quantitative estimate of drug-likeness (QED) is 0.449. The van der Waals surface area contributed by atoms with E-state index in [4.69, 9.17) is 4.74 Å². The van der Waals surface area contributed by atoms with E-state index in [-0.39, 0.29) is 41.6 Å². The van der Waals surface area contributed by atoms with Gasteiger partial charge in [-0.15, -0.1) is 0 Å². The van der Waals surface area contributed by atoms with Crippen LogP contribution >= 0.6 is 0 Å². The lowest BCUT2D eigenvalue weighted by Crippen LogP contribution is -2.38. The Hall–Kier alpha value is -2.95. The maximum atomic E-state index is 13.0. The normalized spacial score (nSPS) is 28.2. The van der Waals surface area contributed by atoms with E-state index in [1.807, 2.05) is 50.2 Å². The van der Waals surface area contributed by atoms with Gasteiger partial charge in [0, 0.05) is 5.56 Å². The van der Waals surface area contributed by atoms with Crippen LogP contribution in [0.25, 0.3) is 10.8 Å². The van der Waals surface area contributed by atoms with Crippen molar-refractivity contribution in [1.29, 1.82) is 0 Å². The number of ether oxygens (including phenoxy) is 1. The lowest BCUT2D eigenvalue weighted by molar-refractivity contribution is -0.140. The first-order valence-corrected chi connectivity index (χ1v) is 10.3. The van der Waals surface area contributed by atoms with E-state index in [0.717, 1.165) is 34.2 Å². The number of nitrogens with zero attached hydrogens (tertiary/aromatic N) is 2. The molecule has 4 atom stereocenters. The Morgan fingerprint density at radius 3 is 2.28 bits per heavy atom. The SMILES string of the molecule is CC(C)Oc1ccc2ccccc2c1/C=N\N1C(=O)[C@@H]2[C@H](C1=O)[C@@H]1C=C[C@H]2CC1. The second-order valence-corrected chi connectivity index (χ2v) is 8.44. The molecule has 2 bridgehead atoms. The largest absolute Gasteiger partial charge is 0.490 e. The molecular weight excluding hydrogens is 364 g/mol. The molecule has 0 N–H and O–H groups in total. The summed E-state index contributed by atoms with van der Waals surface area (Å²) in [5.41, 5.74) is 0.786. The summed E-state index contributed by atoms with van der Waals surface area (Å²) in [5, 5.41) is 7.54. The van der Waals surface area contributed by atoms with Crippen LogP contribution in [-0.4, -0.2) is 29.1 Å². The molecule has 2 fully saturated rings. The van der Waals surface area contributed by atoms with Gasteiger partial charge in [-0.25, -0.2) is 0 Å². The van der Waals surface area contributed by atoms with Crippen LogP contribution in [0.1, 0.15) is 32.3 Å². The van der Waals surface area contributed by atoms with Crippen molar-refractivity contribution in [3.8, 4) is 5.75 Å². The fraction of sp³-hybridized carbons (Fsp3) is 0.375. The Bertz CT molecular complexity index is 1020. The molecule has 2 aromatic rings. The van der Waals surface area contributed by atoms with E-state index >= 15 is 0 Å². The fourth-order valence-corrected chi connectivity index (χ4v) is 5.05. The van der Waals surface area contributed by atoms with Crippen LogP contribution < -0.4 is 4.74 Å². The van der Waals surface area contributed by atoms with Crippen molar-refractivity contribution < 1.29 is 14.3 Å². The molecule has 5 heteroatoms. The second-order valence-electron chi connectivity index (χ2n) is 8.44. The standard InChI is InChI=1S/C24H24N2O3/c1-14(2)29-20-12-11-15-5-3-4-6-18(15)19(20)13-25-26-23(27)21-16-7-8-17(10-9-16)22(21)24(26)28/h3-8,11-14,16-17,21-22H,9-10H2,1-2H3/b25-13-/t16-,17+,21-,22+. The molecule has 0 unspecified atom stereocenters. The highest BCUT2D eigenvalue weighted by Gasteiger charge is 2.56. The summed E-state index contributed by atoms with van der Waals surface area (Å²) in [5.74, 6) is 0.201. The van der Waals surface area contributed by atoms with Gasteiger partial charge in [-0.1, -0.05) is 42.5 Å². The van der Waals surface area contributed by atoms with Crippen molar-refractivity contribution in [1.82, 2.24) is 5.01 Å². The van der Waals surface area contributed by atoms with E-state index in [2.05, 4.69) is 17.3 Å². The van der Waals surface area contributed by atoms with E-state index in [1.165, 1.54) is 0 Å². The Kier molecular flexibility index (Phi) is 4.26. The average Bonchev–Trinajstić information content (AvgIpc) is 3.00. The smallest absolute Gasteiger partial charge is 0.254 e. The number of allylic oxidation sites excluding steroid dienone is 2. The number of amides is 2. The molecule has 0 radical (unpaired) electrons. The van der Waals surface area contributed by atoms with E-state index in [9.17, 15) is 9.59 Å². The van der Waals surface area contributed by atoms with Crippen LogP contribution in [0.5, 0.6) is 5.75 Å². The summed E-state index contributed by atoms with van der Waals surface area (Å²) >= 11 is 0. The Balaban J connectivity index is 1.53. The van der Waals surface area contributed by atoms with E-state index < -0.39 is 0 Å². The minimum absolute atomic E-state index is 0.00271. The zero-order valence-electron chi connectivity index (χ0n) is 16.6. The molecule has 4 aliphatic rings. The van der Waals surface area contributed by atoms with Gasteiger partial charge in [-0.2, -0.15) is 10.1 Å². The van der Waals surface area contributed by atoms with Crippen molar-refractivity contribution >= 4 is 28.8 Å². The molecule has 3 aliphatic carbocycles. The predicted molar refractivity (Wildman–Crippen MR) is 111 cm³/mol. The molecule has 2 amide bonds. The van der Waals surface area contributed by atoms with Crippen molar-refractivity contribution in [3.05, 3.63) is 54.1 Å². The molecule has 1 saturated heterocycles. The first-order chi connectivity index (χ1) is 14.0. The van der Waals surface area contributed by atoms with Gasteiger partial charge in [0.25, 0.3) is 11.8 Å². The molecule has 1 heterocycles. The van der Waals surface area contributed by atoms with Crippen LogP contribution in [0, 0.1) is 23.7 Å². The summed E-state index contributed by atoms with van der Waals surface area (Å²) in [7, 11) is 0. The predicted octanol–water partition coefficient (Wildman–Crippen LogP) is 4.16. The number of hydrogen-bond donors (Lipinski definition) is 0. The Morgan fingerprint density at radius 2 is 1.66 bits per heavy atom. The van der Waals surface area contributed by atoms with E-state index in [1.54, 1.807) is 6.21 Å². The van der Waals surface area contributed by atoms with Gasteiger partial charge in [0.05, 0.1) is 24.2 Å². The van der Waals surface area contributed by atoms with Crippen molar-refractivity contribution in [2.45, 2.75) is 32.8 Å². The van der Waals surface area contributed by atoms with E-state index in [0.29, 0.717) is 5.75 Å². The fourth-order valence-electron chi connectivity index (χ4n) is 5.05. The minimum atomic E-state index is -0.248. The number of imide groups is 1. The average molecular weight is 388 g/mol. The van der Waals surface area contributed by atoms with Crippen LogP contribution in [-0.2, 0) is 9.59 Å². The van der Waals surface area contributed by atoms with Gasteiger partial charge in [0.15, 0.2) is 0 Å². The Labute approximate surface area is 170 Å². The molecule has 1 aliphatic heterocycles. The molecule has 29 heavy (non-hydrogen) atoms. The van der Waals surface area contributed by atoms with Gasteiger partial charge in [0.2, 0.25) is 0 Å². The first kappa shape index (κ1) is 18.1. The first-order valence-electron chi connectivity index (χ1n) is 10.3. The monoisotopic (exact) mass is 388 g/mol. The van der Waals surface area contributed by atoms with Crippen LogP contribution in [0.15, 0.2) is 53.7 Å². The number of carbonyl (C=O) groups excluding carboxylic acids is 2. The Morgan fingerprint density at radius 1 is 1.00 bits per heavy atom. The minimum Gasteiger partial charge on any atom is -0.490 e. The highest BCUT2D eigenvalue weighted by Crippen LogP contribution is 2.49. The third-order valence-corrected chi connectivity index (χ3v) is 6.33. The lowest BCUT2D eigenvalue weighted by Gasteiger charge is -2.37. The number of fused-ring (bicyclic) bond motifs is 2. The molecule has 148 valence electrons. The van der Waals surface area contributed by atoms with Gasteiger partial charge in [0.1, 0.15) is 5.75 Å². The molecule has 2 aromatic carbocycles.